The number of hydrogen-bond acceptors (Lipinski definition) is 4. The number of nitrogens with zero attached hydrogens (tertiary/aromatic N) is 3. The van der Waals surface area contributed by atoms with Gasteiger partial charge in [-0.2, -0.15) is 0 Å². The maximum absolute atomic E-state index is 5.58. The van der Waals surface area contributed by atoms with Crippen LogP contribution >= 0.6 is 24.0 Å². The fourth-order valence-corrected chi connectivity index (χ4v) is 2.47. The second kappa shape index (κ2) is 10.7. The van der Waals surface area contributed by atoms with Gasteiger partial charge in [-0.1, -0.05) is 23.8 Å². The molecule has 3 aromatic rings. The molecule has 0 amide bonds. The monoisotopic (exact) mass is 477 g/mol. The summed E-state index contributed by atoms with van der Waals surface area (Å²) >= 11 is 0. The Morgan fingerprint density at radius 3 is 2.59 bits per heavy atom. The lowest BCUT2D eigenvalue weighted by molar-refractivity contribution is 0.572. The summed E-state index contributed by atoms with van der Waals surface area (Å²) in [5.41, 5.74) is 4.06. The van der Waals surface area contributed by atoms with Gasteiger partial charge in [0.25, 0.3) is 0 Å². The van der Waals surface area contributed by atoms with Gasteiger partial charge in [-0.3, -0.25) is 9.98 Å². The zero-order valence-corrected chi connectivity index (χ0v) is 17.8. The number of benzene rings is 1. The summed E-state index contributed by atoms with van der Waals surface area (Å²) in [5, 5.41) is 6.52. The number of hydrogen-bond donors (Lipinski definition) is 2. The van der Waals surface area contributed by atoms with Crippen molar-refractivity contribution in [3.8, 4) is 11.5 Å². The van der Waals surface area contributed by atoms with Crippen LogP contribution in [-0.4, -0.2) is 29.5 Å². The molecule has 0 fully saturated rings. The summed E-state index contributed by atoms with van der Waals surface area (Å²) < 4.78 is 5.58. The molecular formula is C20H24IN5O. The van der Waals surface area contributed by atoms with Crippen molar-refractivity contribution in [2.45, 2.75) is 19.9 Å². The van der Waals surface area contributed by atoms with Crippen LogP contribution in [0.25, 0.3) is 11.5 Å². The average Bonchev–Trinajstić information content (AvgIpc) is 3.15. The van der Waals surface area contributed by atoms with Crippen molar-refractivity contribution < 1.29 is 4.42 Å². The number of aromatic nitrogens is 2. The normalized spacial score (nSPS) is 11.0. The van der Waals surface area contributed by atoms with Crippen molar-refractivity contribution in [3.05, 3.63) is 71.9 Å². The fraction of sp³-hybridized carbons (Fsp3) is 0.250. The molecule has 0 saturated heterocycles. The second-order valence-corrected chi connectivity index (χ2v) is 5.93. The van der Waals surface area contributed by atoms with Crippen LogP contribution in [0, 0.1) is 6.92 Å². The standard InChI is InChI=1S/C20H23N5O.HI/c1-15-6-8-16(9-7-15)19-25-18(14-26-19)13-24-20(21-2)23-12-10-17-5-3-4-11-22-17;/h3-9,11,14H,10,12-13H2,1-2H3,(H2,21,23,24);1H. The van der Waals surface area contributed by atoms with Crippen molar-refractivity contribution in [3.63, 3.8) is 0 Å². The number of oxazole rings is 1. The number of aliphatic imine (C=N–C) groups is 1. The molecule has 7 heteroatoms. The summed E-state index contributed by atoms with van der Waals surface area (Å²) in [6.07, 6.45) is 4.31. The minimum absolute atomic E-state index is 0. The Labute approximate surface area is 176 Å². The van der Waals surface area contributed by atoms with Gasteiger partial charge in [0.2, 0.25) is 5.89 Å². The summed E-state index contributed by atoms with van der Waals surface area (Å²) in [6, 6.07) is 14.0. The van der Waals surface area contributed by atoms with Gasteiger partial charge in [0.1, 0.15) is 6.26 Å². The highest BCUT2D eigenvalue weighted by molar-refractivity contribution is 14.0. The average molecular weight is 477 g/mol. The molecule has 0 aliphatic carbocycles. The highest BCUT2D eigenvalue weighted by Crippen LogP contribution is 2.18. The van der Waals surface area contributed by atoms with E-state index in [1.54, 1.807) is 19.5 Å². The molecule has 27 heavy (non-hydrogen) atoms. The second-order valence-electron chi connectivity index (χ2n) is 5.93. The molecule has 0 saturated carbocycles. The molecular weight excluding hydrogens is 453 g/mol. The van der Waals surface area contributed by atoms with E-state index in [0.717, 1.165) is 35.9 Å². The van der Waals surface area contributed by atoms with E-state index in [2.05, 4.69) is 32.5 Å². The summed E-state index contributed by atoms with van der Waals surface area (Å²) in [4.78, 5) is 13.1. The molecule has 3 rings (SSSR count). The topological polar surface area (TPSA) is 75.3 Å². The summed E-state index contributed by atoms with van der Waals surface area (Å²) in [7, 11) is 1.75. The van der Waals surface area contributed by atoms with Crippen LogP contribution in [0.3, 0.4) is 0 Å². The van der Waals surface area contributed by atoms with Crippen LogP contribution in [0.5, 0.6) is 0 Å². The highest BCUT2D eigenvalue weighted by Gasteiger charge is 2.07. The van der Waals surface area contributed by atoms with Gasteiger partial charge in [0.15, 0.2) is 5.96 Å². The number of pyridine rings is 1. The molecule has 0 bridgehead atoms. The zero-order valence-electron chi connectivity index (χ0n) is 15.5. The first kappa shape index (κ1) is 20.9. The Hall–Kier alpha value is -2.42. The molecule has 0 spiro atoms. The third kappa shape index (κ3) is 6.35. The Morgan fingerprint density at radius 2 is 1.89 bits per heavy atom. The third-order valence-corrected chi connectivity index (χ3v) is 3.91. The van der Waals surface area contributed by atoms with Crippen LogP contribution in [0.1, 0.15) is 17.0 Å². The van der Waals surface area contributed by atoms with Crippen molar-refractivity contribution in [2.75, 3.05) is 13.6 Å². The number of guanidine groups is 1. The van der Waals surface area contributed by atoms with E-state index in [-0.39, 0.29) is 24.0 Å². The molecule has 0 radical (unpaired) electrons. The number of rotatable bonds is 6. The van der Waals surface area contributed by atoms with E-state index in [0.29, 0.717) is 12.4 Å². The fourth-order valence-electron chi connectivity index (χ4n) is 2.47. The predicted octanol–water partition coefficient (Wildman–Crippen LogP) is 3.57. The van der Waals surface area contributed by atoms with E-state index in [1.165, 1.54) is 5.56 Å². The maximum atomic E-state index is 5.58. The third-order valence-electron chi connectivity index (χ3n) is 3.91. The van der Waals surface area contributed by atoms with E-state index in [1.807, 2.05) is 42.5 Å². The molecule has 0 atom stereocenters. The van der Waals surface area contributed by atoms with Gasteiger partial charge in [0.05, 0.1) is 12.2 Å². The molecule has 2 heterocycles. The summed E-state index contributed by atoms with van der Waals surface area (Å²) in [6.45, 7) is 3.35. The molecule has 1 aromatic carbocycles. The first-order valence-electron chi connectivity index (χ1n) is 8.60. The largest absolute Gasteiger partial charge is 0.444 e. The van der Waals surface area contributed by atoms with Crippen molar-refractivity contribution in [2.24, 2.45) is 4.99 Å². The van der Waals surface area contributed by atoms with Crippen LogP contribution in [0.2, 0.25) is 0 Å². The van der Waals surface area contributed by atoms with E-state index in [4.69, 9.17) is 4.42 Å². The quantitative estimate of drug-likeness (QED) is 0.323. The lowest BCUT2D eigenvalue weighted by atomic mass is 10.1. The van der Waals surface area contributed by atoms with Crippen molar-refractivity contribution in [1.29, 1.82) is 0 Å². The lowest BCUT2D eigenvalue weighted by Gasteiger charge is -2.10. The minimum Gasteiger partial charge on any atom is -0.444 e. The lowest BCUT2D eigenvalue weighted by Crippen LogP contribution is -2.38. The predicted molar refractivity (Wildman–Crippen MR) is 118 cm³/mol. The highest BCUT2D eigenvalue weighted by atomic mass is 127. The summed E-state index contributed by atoms with van der Waals surface area (Å²) in [5.74, 6) is 1.35. The van der Waals surface area contributed by atoms with E-state index < -0.39 is 0 Å². The minimum atomic E-state index is 0. The Morgan fingerprint density at radius 1 is 1.07 bits per heavy atom. The molecule has 0 aliphatic heterocycles. The van der Waals surface area contributed by atoms with E-state index >= 15 is 0 Å². The maximum Gasteiger partial charge on any atom is 0.226 e. The number of halogens is 1. The van der Waals surface area contributed by atoms with Gasteiger partial charge < -0.3 is 15.1 Å². The molecule has 2 aromatic heterocycles. The molecule has 142 valence electrons. The van der Waals surface area contributed by atoms with Crippen LogP contribution in [0.15, 0.2) is 64.3 Å². The van der Waals surface area contributed by atoms with Gasteiger partial charge in [0, 0.05) is 37.5 Å². The molecule has 6 nitrogen and oxygen atoms in total. The van der Waals surface area contributed by atoms with Crippen molar-refractivity contribution >= 4 is 29.9 Å². The first-order chi connectivity index (χ1) is 12.7. The van der Waals surface area contributed by atoms with Gasteiger partial charge in [-0.05, 0) is 31.2 Å². The van der Waals surface area contributed by atoms with Gasteiger partial charge >= 0.3 is 0 Å². The van der Waals surface area contributed by atoms with Gasteiger partial charge in [-0.25, -0.2) is 4.98 Å². The molecule has 2 N–H and O–H groups in total. The van der Waals surface area contributed by atoms with Crippen LogP contribution in [0.4, 0.5) is 0 Å². The van der Waals surface area contributed by atoms with Crippen LogP contribution < -0.4 is 10.6 Å². The zero-order chi connectivity index (χ0) is 18.2. The number of nitrogens with one attached hydrogen (secondary N) is 2. The Kier molecular flexibility index (Phi) is 8.25. The van der Waals surface area contributed by atoms with Crippen LogP contribution in [-0.2, 0) is 13.0 Å². The molecule has 0 aliphatic rings. The Balaban J connectivity index is 0.00000261. The first-order valence-corrected chi connectivity index (χ1v) is 8.60. The SMILES string of the molecule is CN=C(NCCc1ccccn1)NCc1coc(-c2ccc(C)cc2)n1.I. The number of aryl methyl sites for hydroxylation is 1. The van der Waals surface area contributed by atoms with Crippen molar-refractivity contribution in [1.82, 2.24) is 20.6 Å². The smallest absolute Gasteiger partial charge is 0.226 e. The van der Waals surface area contributed by atoms with E-state index in [9.17, 15) is 0 Å². The Bertz CT molecular complexity index is 846. The molecule has 0 unspecified atom stereocenters. The van der Waals surface area contributed by atoms with Gasteiger partial charge in [-0.15, -0.1) is 24.0 Å².